The Labute approximate surface area is 111 Å². The minimum atomic E-state index is -0.506. The highest BCUT2D eigenvalue weighted by Gasteiger charge is 2.15. The molecule has 5 heteroatoms. The number of hydrogen-bond donors (Lipinski definition) is 1. The van der Waals surface area contributed by atoms with Crippen molar-refractivity contribution in [2.24, 2.45) is 5.92 Å². The Morgan fingerprint density at radius 3 is 2.68 bits per heavy atom. The summed E-state index contributed by atoms with van der Waals surface area (Å²) in [6.07, 6.45) is 0. The Kier molecular flexibility index (Phi) is 3.74. The summed E-state index contributed by atoms with van der Waals surface area (Å²) in [7, 11) is 0. The third-order valence-electron chi connectivity index (χ3n) is 3.26. The fourth-order valence-electron chi connectivity index (χ4n) is 1.77. The fourth-order valence-corrected chi connectivity index (χ4v) is 1.77. The Morgan fingerprint density at radius 2 is 2.00 bits per heavy atom. The second kappa shape index (κ2) is 5.30. The molecule has 0 radical (unpaired) electrons. The Hall–Kier alpha value is -2.04. The number of nitrogens with zero attached hydrogens (tertiary/aromatic N) is 1. The van der Waals surface area contributed by atoms with Crippen molar-refractivity contribution in [1.82, 2.24) is 9.88 Å². The van der Waals surface area contributed by atoms with Gasteiger partial charge in [0, 0.05) is 6.04 Å². The van der Waals surface area contributed by atoms with Gasteiger partial charge < -0.3 is 9.73 Å². The molecule has 0 saturated heterocycles. The lowest BCUT2D eigenvalue weighted by Crippen LogP contribution is -2.39. The number of fused-ring (bicyclic) bond motifs is 1. The summed E-state index contributed by atoms with van der Waals surface area (Å²) in [4.78, 5) is 23.6. The maximum atomic E-state index is 11.9. The molecule has 1 heterocycles. The first kappa shape index (κ1) is 13.4. The zero-order valence-electron chi connectivity index (χ0n) is 11.3. The fraction of sp³-hybridized carbons (Fsp3) is 0.429. The van der Waals surface area contributed by atoms with Crippen LogP contribution in [0.4, 0.5) is 0 Å². The average molecular weight is 262 g/mol. The molecule has 2 rings (SSSR count). The van der Waals surface area contributed by atoms with Gasteiger partial charge in [0.1, 0.15) is 6.54 Å². The maximum Gasteiger partial charge on any atom is 0.420 e. The molecule has 0 aliphatic rings. The first-order chi connectivity index (χ1) is 8.99. The molecule has 0 fully saturated rings. The van der Waals surface area contributed by atoms with Crippen LogP contribution in [0.25, 0.3) is 11.1 Å². The lowest BCUT2D eigenvalue weighted by molar-refractivity contribution is -0.122. The Morgan fingerprint density at radius 1 is 1.32 bits per heavy atom. The van der Waals surface area contributed by atoms with Gasteiger partial charge in [0.25, 0.3) is 0 Å². The van der Waals surface area contributed by atoms with Gasteiger partial charge in [-0.1, -0.05) is 26.0 Å². The Bertz CT molecular complexity index is 639. The van der Waals surface area contributed by atoms with Gasteiger partial charge in [-0.2, -0.15) is 0 Å². The van der Waals surface area contributed by atoms with Gasteiger partial charge in [-0.05, 0) is 25.0 Å². The Balaban J connectivity index is 2.20. The monoisotopic (exact) mass is 262 g/mol. The van der Waals surface area contributed by atoms with Crippen molar-refractivity contribution in [2.75, 3.05) is 0 Å². The minimum absolute atomic E-state index is 0.0209. The second-order valence-corrected chi connectivity index (χ2v) is 5.02. The number of carbonyl (C=O) groups excluding carboxylic acids is 1. The summed E-state index contributed by atoms with van der Waals surface area (Å²) < 4.78 is 6.42. The largest absolute Gasteiger partial charge is 0.420 e. The molecule has 0 spiro atoms. The van der Waals surface area contributed by atoms with Crippen molar-refractivity contribution in [3.05, 3.63) is 34.8 Å². The summed E-state index contributed by atoms with van der Waals surface area (Å²) in [5, 5.41) is 2.87. The van der Waals surface area contributed by atoms with Gasteiger partial charge in [0.05, 0.1) is 5.52 Å². The van der Waals surface area contributed by atoms with E-state index in [1.807, 2.05) is 26.8 Å². The van der Waals surface area contributed by atoms with Crippen molar-refractivity contribution in [1.29, 1.82) is 0 Å². The number of hydrogen-bond acceptors (Lipinski definition) is 3. The summed E-state index contributed by atoms with van der Waals surface area (Å²) in [5.41, 5.74) is 1.14. The summed E-state index contributed by atoms with van der Waals surface area (Å²) in [5.74, 6) is -0.342. The van der Waals surface area contributed by atoms with E-state index >= 15 is 0 Å². The first-order valence-electron chi connectivity index (χ1n) is 6.36. The zero-order valence-corrected chi connectivity index (χ0v) is 11.3. The molecule has 0 saturated carbocycles. The van der Waals surface area contributed by atoms with Gasteiger partial charge in [0.15, 0.2) is 5.58 Å². The number of rotatable bonds is 4. The van der Waals surface area contributed by atoms with E-state index < -0.39 is 5.76 Å². The highest BCUT2D eigenvalue weighted by molar-refractivity contribution is 5.79. The van der Waals surface area contributed by atoms with Crippen molar-refractivity contribution in [3.63, 3.8) is 0 Å². The predicted molar refractivity (Wildman–Crippen MR) is 72.9 cm³/mol. The average Bonchev–Trinajstić information content (AvgIpc) is 2.66. The second-order valence-electron chi connectivity index (χ2n) is 5.02. The van der Waals surface area contributed by atoms with Crippen LogP contribution >= 0.6 is 0 Å². The van der Waals surface area contributed by atoms with Crippen LogP contribution in [-0.2, 0) is 11.3 Å². The van der Waals surface area contributed by atoms with Crippen molar-refractivity contribution < 1.29 is 9.21 Å². The van der Waals surface area contributed by atoms with Crippen LogP contribution in [-0.4, -0.2) is 16.5 Å². The third-order valence-corrected chi connectivity index (χ3v) is 3.26. The standard InChI is InChI=1S/C14H18N2O3/c1-9(2)10(3)15-13(17)8-16-11-6-4-5-7-12(11)19-14(16)18/h4-7,9-10H,8H2,1-3H3,(H,15,17)/t10-/m1/s1. The van der Waals surface area contributed by atoms with Gasteiger partial charge in [-0.3, -0.25) is 9.36 Å². The zero-order chi connectivity index (χ0) is 14.0. The lowest BCUT2D eigenvalue weighted by atomic mass is 10.1. The van der Waals surface area contributed by atoms with Gasteiger partial charge in [-0.15, -0.1) is 0 Å². The van der Waals surface area contributed by atoms with Gasteiger partial charge >= 0.3 is 5.76 Å². The van der Waals surface area contributed by atoms with E-state index in [0.717, 1.165) is 0 Å². The number of benzene rings is 1. The molecule has 1 aromatic carbocycles. The van der Waals surface area contributed by atoms with Crippen LogP contribution < -0.4 is 11.1 Å². The highest BCUT2D eigenvalue weighted by atomic mass is 16.4. The molecule has 1 aromatic heterocycles. The number of nitrogens with one attached hydrogen (secondary N) is 1. The molecule has 1 N–H and O–H groups in total. The van der Waals surface area contributed by atoms with Crippen LogP contribution in [0.1, 0.15) is 20.8 Å². The molecular weight excluding hydrogens is 244 g/mol. The molecule has 0 unspecified atom stereocenters. The molecule has 19 heavy (non-hydrogen) atoms. The smallest absolute Gasteiger partial charge is 0.408 e. The third kappa shape index (κ3) is 2.86. The minimum Gasteiger partial charge on any atom is -0.408 e. The maximum absolute atomic E-state index is 11.9. The van der Waals surface area contributed by atoms with Gasteiger partial charge in [-0.25, -0.2) is 4.79 Å². The highest BCUT2D eigenvalue weighted by Crippen LogP contribution is 2.11. The molecule has 102 valence electrons. The lowest BCUT2D eigenvalue weighted by Gasteiger charge is -2.17. The first-order valence-corrected chi connectivity index (χ1v) is 6.36. The number of para-hydroxylation sites is 2. The van der Waals surface area contributed by atoms with E-state index in [2.05, 4.69) is 5.32 Å². The summed E-state index contributed by atoms with van der Waals surface area (Å²) in [6, 6.07) is 7.14. The van der Waals surface area contributed by atoms with Crippen LogP contribution in [0.15, 0.2) is 33.5 Å². The van der Waals surface area contributed by atoms with Crippen molar-refractivity contribution in [3.8, 4) is 0 Å². The van der Waals surface area contributed by atoms with Gasteiger partial charge in [0.2, 0.25) is 5.91 Å². The summed E-state index contributed by atoms with van der Waals surface area (Å²) in [6.45, 7) is 5.99. The van der Waals surface area contributed by atoms with Crippen LogP contribution in [0, 0.1) is 5.92 Å². The molecule has 1 atom stereocenters. The van der Waals surface area contributed by atoms with E-state index in [1.54, 1.807) is 18.2 Å². The van der Waals surface area contributed by atoms with E-state index in [9.17, 15) is 9.59 Å². The number of amides is 1. The number of carbonyl (C=O) groups is 1. The van der Waals surface area contributed by atoms with Crippen LogP contribution in [0.2, 0.25) is 0 Å². The predicted octanol–water partition coefficient (Wildman–Crippen LogP) is 1.76. The number of aromatic nitrogens is 1. The molecule has 2 aromatic rings. The van der Waals surface area contributed by atoms with E-state index in [-0.39, 0.29) is 18.5 Å². The van der Waals surface area contributed by atoms with Crippen LogP contribution in [0.5, 0.6) is 0 Å². The van der Waals surface area contributed by atoms with E-state index in [4.69, 9.17) is 4.42 Å². The molecular formula is C14H18N2O3. The molecule has 1 amide bonds. The van der Waals surface area contributed by atoms with Crippen LogP contribution in [0.3, 0.4) is 0 Å². The number of oxazole rings is 1. The van der Waals surface area contributed by atoms with Crippen molar-refractivity contribution in [2.45, 2.75) is 33.4 Å². The quantitative estimate of drug-likeness (QED) is 0.913. The molecule has 0 aliphatic carbocycles. The molecule has 5 nitrogen and oxygen atoms in total. The summed E-state index contributed by atoms with van der Waals surface area (Å²) >= 11 is 0. The normalized spacial score (nSPS) is 12.8. The topological polar surface area (TPSA) is 64.2 Å². The molecule has 0 aliphatic heterocycles. The SMILES string of the molecule is CC(C)[C@@H](C)NC(=O)Cn1c(=O)oc2ccccc21. The molecule has 0 bridgehead atoms. The van der Waals surface area contributed by atoms with Crippen molar-refractivity contribution >= 4 is 17.0 Å². The van der Waals surface area contributed by atoms with E-state index in [0.29, 0.717) is 17.0 Å². The van der Waals surface area contributed by atoms with E-state index in [1.165, 1.54) is 4.57 Å².